The van der Waals surface area contributed by atoms with Gasteiger partial charge in [0.25, 0.3) is 0 Å². The van der Waals surface area contributed by atoms with E-state index in [4.69, 9.17) is 14.2 Å². The maximum atomic E-state index is 12.9. The summed E-state index contributed by atoms with van der Waals surface area (Å²) in [6.07, 6.45) is 76.4. The van der Waals surface area contributed by atoms with Crippen molar-refractivity contribution in [3.63, 3.8) is 0 Å². The zero-order valence-corrected chi connectivity index (χ0v) is 50.1. The molecule has 0 aromatic heterocycles. The van der Waals surface area contributed by atoms with Crippen LogP contribution in [0.25, 0.3) is 0 Å². The molecule has 0 heterocycles. The molecule has 436 valence electrons. The van der Waals surface area contributed by atoms with E-state index in [0.29, 0.717) is 19.3 Å². The number of rotatable bonds is 62. The van der Waals surface area contributed by atoms with Gasteiger partial charge in [0, 0.05) is 19.3 Å². The topological polar surface area (TPSA) is 78.9 Å². The molecule has 1 unspecified atom stereocenters. The van der Waals surface area contributed by atoms with Crippen molar-refractivity contribution >= 4 is 17.9 Å². The Balaban J connectivity index is 4.06. The van der Waals surface area contributed by atoms with Crippen LogP contribution in [-0.2, 0) is 28.6 Å². The minimum absolute atomic E-state index is 0.0679. The van der Waals surface area contributed by atoms with Gasteiger partial charge in [0.1, 0.15) is 13.2 Å². The van der Waals surface area contributed by atoms with Crippen molar-refractivity contribution in [3.8, 4) is 0 Å². The first kappa shape index (κ1) is 71.9. The monoisotopic (exact) mass is 1040 g/mol. The van der Waals surface area contributed by atoms with Crippen LogP contribution in [0.3, 0.4) is 0 Å². The average molecular weight is 1040 g/mol. The van der Waals surface area contributed by atoms with Crippen LogP contribution in [-0.4, -0.2) is 37.2 Å². The van der Waals surface area contributed by atoms with E-state index >= 15 is 0 Å². The molecule has 0 amide bonds. The molecule has 0 aromatic carbocycles. The van der Waals surface area contributed by atoms with Crippen LogP contribution in [0.1, 0.15) is 374 Å². The van der Waals surface area contributed by atoms with E-state index in [2.05, 4.69) is 45.1 Å². The van der Waals surface area contributed by atoms with Crippen LogP contribution < -0.4 is 0 Å². The lowest BCUT2D eigenvalue weighted by Gasteiger charge is -2.18. The maximum absolute atomic E-state index is 12.9. The Morgan fingerprint density at radius 1 is 0.257 bits per heavy atom. The molecule has 0 aliphatic heterocycles. The highest BCUT2D eigenvalue weighted by Crippen LogP contribution is 2.18. The number of unbranched alkanes of at least 4 members (excludes halogenated alkanes) is 47. The molecule has 1 atom stereocenters. The van der Waals surface area contributed by atoms with Crippen molar-refractivity contribution in [2.45, 2.75) is 380 Å². The number of allylic oxidation sites excluding steroid dienone is 4. The zero-order chi connectivity index (χ0) is 53.6. The smallest absolute Gasteiger partial charge is 0.306 e. The quantitative estimate of drug-likeness (QED) is 0.0261. The lowest BCUT2D eigenvalue weighted by Crippen LogP contribution is -2.30. The molecule has 0 saturated heterocycles. The predicted molar refractivity (Wildman–Crippen MR) is 321 cm³/mol. The van der Waals surface area contributed by atoms with E-state index < -0.39 is 6.10 Å². The molecule has 0 aliphatic carbocycles. The molecule has 6 nitrogen and oxygen atoms in total. The van der Waals surface area contributed by atoms with Gasteiger partial charge in [-0.1, -0.05) is 308 Å². The van der Waals surface area contributed by atoms with Gasteiger partial charge in [-0.25, -0.2) is 0 Å². The van der Waals surface area contributed by atoms with E-state index in [1.807, 2.05) is 0 Å². The Hall–Kier alpha value is -2.11. The molecule has 0 rings (SSSR count). The van der Waals surface area contributed by atoms with Crippen molar-refractivity contribution in [1.29, 1.82) is 0 Å². The average Bonchev–Trinajstić information content (AvgIpc) is 3.40. The van der Waals surface area contributed by atoms with Crippen molar-refractivity contribution in [2.75, 3.05) is 13.2 Å². The summed E-state index contributed by atoms with van der Waals surface area (Å²) in [5, 5.41) is 0. The first-order chi connectivity index (χ1) is 36.5. The van der Waals surface area contributed by atoms with Gasteiger partial charge in [-0.05, 0) is 70.6 Å². The van der Waals surface area contributed by atoms with Crippen molar-refractivity contribution in [2.24, 2.45) is 0 Å². The third-order valence-corrected chi connectivity index (χ3v) is 15.2. The molecular formula is C68H128O6. The van der Waals surface area contributed by atoms with E-state index in [0.717, 1.165) is 64.2 Å². The molecule has 0 N–H and O–H groups in total. The predicted octanol–water partition coefficient (Wildman–Crippen LogP) is 22.6. The van der Waals surface area contributed by atoms with Gasteiger partial charge in [0.15, 0.2) is 6.10 Å². The second-order valence-electron chi connectivity index (χ2n) is 22.7. The molecule has 6 heteroatoms. The third kappa shape index (κ3) is 60.8. The Kier molecular flexibility index (Phi) is 61.6. The standard InChI is InChI=1S/C68H128O6/c1-4-7-10-13-16-19-22-25-26-27-28-29-30-31-32-33-34-35-36-37-38-39-40-41-42-44-46-49-52-55-58-61-67(70)73-64-65(63-72-66(69)60-57-54-51-48-45-24-21-18-15-12-9-6-3)74-68(71)62-59-56-53-50-47-43-23-20-17-14-11-8-5-2/h18,21,27-28,65H,4-17,19-20,22-26,29-64H2,1-3H3/b21-18-,28-27-. The first-order valence-electron chi connectivity index (χ1n) is 33.3. The van der Waals surface area contributed by atoms with Crippen molar-refractivity contribution < 1.29 is 28.6 Å². The molecule has 0 bridgehead atoms. The van der Waals surface area contributed by atoms with Crippen LogP contribution >= 0.6 is 0 Å². The fourth-order valence-electron chi connectivity index (χ4n) is 10.1. The van der Waals surface area contributed by atoms with Gasteiger partial charge >= 0.3 is 17.9 Å². The Labute approximate surface area is 462 Å². The van der Waals surface area contributed by atoms with E-state index in [1.54, 1.807) is 0 Å². The minimum atomic E-state index is -0.769. The highest BCUT2D eigenvalue weighted by molar-refractivity contribution is 5.71. The number of ether oxygens (including phenoxy) is 3. The Morgan fingerprint density at radius 3 is 0.703 bits per heavy atom. The van der Waals surface area contributed by atoms with Crippen LogP contribution in [0.2, 0.25) is 0 Å². The number of esters is 3. The van der Waals surface area contributed by atoms with Gasteiger partial charge < -0.3 is 14.2 Å². The van der Waals surface area contributed by atoms with E-state index in [1.165, 1.54) is 270 Å². The molecule has 0 aromatic rings. The number of hydrogen-bond acceptors (Lipinski definition) is 6. The van der Waals surface area contributed by atoms with Gasteiger partial charge in [0.05, 0.1) is 0 Å². The SMILES string of the molecule is CCCCC/C=C\CCCCCCCC(=O)OCC(COC(=O)CCCCCCCCCCCCCCCCCCCCC/C=C\CCCCCCCCCC)OC(=O)CCCCCCCCCCCCCCC. The van der Waals surface area contributed by atoms with Crippen LogP contribution in [0.4, 0.5) is 0 Å². The molecule has 0 radical (unpaired) electrons. The summed E-state index contributed by atoms with van der Waals surface area (Å²) < 4.78 is 16.9. The van der Waals surface area contributed by atoms with Gasteiger partial charge in [0.2, 0.25) is 0 Å². The zero-order valence-electron chi connectivity index (χ0n) is 50.1. The van der Waals surface area contributed by atoms with E-state index in [-0.39, 0.29) is 31.1 Å². The summed E-state index contributed by atoms with van der Waals surface area (Å²) in [5.74, 6) is -0.853. The highest BCUT2D eigenvalue weighted by atomic mass is 16.6. The highest BCUT2D eigenvalue weighted by Gasteiger charge is 2.19. The molecule has 0 saturated carbocycles. The minimum Gasteiger partial charge on any atom is -0.462 e. The second kappa shape index (κ2) is 63.4. The van der Waals surface area contributed by atoms with Crippen LogP contribution in [0.5, 0.6) is 0 Å². The molecule has 0 aliphatic rings. The van der Waals surface area contributed by atoms with Crippen LogP contribution in [0.15, 0.2) is 24.3 Å². The van der Waals surface area contributed by atoms with Gasteiger partial charge in [-0.2, -0.15) is 0 Å². The normalized spacial score (nSPS) is 12.1. The first-order valence-corrected chi connectivity index (χ1v) is 33.3. The second-order valence-corrected chi connectivity index (χ2v) is 22.7. The summed E-state index contributed by atoms with van der Waals surface area (Å²) in [5.41, 5.74) is 0. The third-order valence-electron chi connectivity index (χ3n) is 15.2. The number of carbonyl (C=O) groups excluding carboxylic acids is 3. The summed E-state index contributed by atoms with van der Waals surface area (Å²) >= 11 is 0. The Morgan fingerprint density at radius 2 is 0.446 bits per heavy atom. The summed E-state index contributed by atoms with van der Waals surface area (Å²) in [6, 6.07) is 0. The summed E-state index contributed by atoms with van der Waals surface area (Å²) in [6.45, 7) is 6.67. The molecule has 0 spiro atoms. The van der Waals surface area contributed by atoms with Crippen molar-refractivity contribution in [1.82, 2.24) is 0 Å². The van der Waals surface area contributed by atoms with E-state index in [9.17, 15) is 14.4 Å². The maximum Gasteiger partial charge on any atom is 0.306 e. The molecular weight excluding hydrogens is 913 g/mol. The van der Waals surface area contributed by atoms with Crippen LogP contribution in [0, 0.1) is 0 Å². The van der Waals surface area contributed by atoms with Gasteiger partial charge in [-0.3, -0.25) is 14.4 Å². The van der Waals surface area contributed by atoms with Crippen molar-refractivity contribution in [3.05, 3.63) is 24.3 Å². The fourth-order valence-corrected chi connectivity index (χ4v) is 10.1. The Bertz CT molecular complexity index is 1190. The fraction of sp³-hybridized carbons (Fsp3) is 0.897. The lowest BCUT2D eigenvalue weighted by molar-refractivity contribution is -0.167. The van der Waals surface area contributed by atoms with Gasteiger partial charge in [-0.15, -0.1) is 0 Å². The number of hydrogen-bond donors (Lipinski definition) is 0. The summed E-state index contributed by atoms with van der Waals surface area (Å²) in [7, 11) is 0. The molecule has 0 fully saturated rings. The largest absolute Gasteiger partial charge is 0.462 e. The lowest BCUT2D eigenvalue weighted by atomic mass is 10.0. The molecule has 74 heavy (non-hydrogen) atoms. The summed E-state index contributed by atoms with van der Waals surface area (Å²) in [4.78, 5) is 38.2. The number of carbonyl (C=O) groups is 3.